The molecule has 1 aromatic rings. The third-order valence-corrected chi connectivity index (χ3v) is 5.24. The number of ether oxygens (including phenoxy) is 2. The van der Waals surface area contributed by atoms with Crippen molar-refractivity contribution in [2.24, 2.45) is 5.92 Å². The van der Waals surface area contributed by atoms with Gasteiger partial charge in [0.05, 0.1) is 25.2 Å². The number of carboxylic acids is 1. The topological polar surface area (TPSA) is 137 Å². The number of carbonyl (C=O) groups is 1. The number of aryl methyl sites for hydroxylation is 1. The van der Waals surface area contributed by atoms with Crippen LogP contribution in [-0.4, -0.2) is 68.3 Å². The van der Waals surface area contributed by atoms with Crippen molar-refractivity contribution in [3.8, 4) is 5.75 Å². The summed E-state index contributed by atoms with van der Waals surface area (Å²) in [6, 6.07) is 5.43. The SMILES string of the molecule is Cc1ccc(C(C)C)c(OC2(C(=O)O)CC(O)C(C)C(C(O)C(O)CO)O2)c1. The third kappa shape index (κ3) is 4.47. The maximum atomic E-state index is 12.2. The first kappa shape index (κ1) is 22.6. The number of rotatable bonds is 7. The number of hydrogen-bond donors (Lipinski definition) is 5. The molecule has 0 aromatic heterocycles. The maximum Gasteiger partial charge on any atom is 0.377 e. The molecule has 2 rings (SSSR count). The van der Waals surface area contributed by atoms with Gasteiger partial charge in [0.15, 0.2) is 0 Å². The minimum Gasteiger partial charge on any atom is -0.476 e. The van der Waals surface area contributed by atoms with E-state index in [9.17, 15) is 25.2 Å². The quantitative estimate of drug-likeness (QED) is 0.454. The zero-order valence-corrected chi connectivity index (χ0v) is 16.6. The first-order chi connectivity index (χ1) is 13.0. The molecule has 8 nitrogen and oxygen atoms in total. The molecule has 0 radical (unpaired) electrons. The molecule has 6 atom stereocenters. The maximum absolute atomic E-state index is 12.2. The molecule has 1 aliphatic rings. The Labute approximate surface area is 164 Å². The first-order valence-corrected chi connectivity index (χ1v) is 9.38. The molecule has 0 spiro atoms. The van der Waals surface area contributed by atoms with Crippen LogP contribution < -0.4 is 4.74 Å². The van der Waals surface area contributed by atoms with Gasteiger partial charge in [-0.15, -0.1) is 0 Å². The van der Waals surface area contributed by atoms with Crippen molar-refractivity contribution >= 4 is 5.97 Å². The summed E-state index contributed by atoms with van der Waals surface area (Å²) in [4.78, 5) is 12.2. The number of aliphatic hydroxyl groups excluding tert-OH is 4. The number of carboxylic acid groups (broad SMARTS) is 1. The molecule has 8 heteroatoms. The highest BCUT2D eigenvalue weighted by Gasteiger charge is 2.55. The fourth-order valence-corrected chi connectivity index (χ4v) is 3.39. The second kappa shape index (κ2) is 8.75. The standard InChI is InChI=1S/C20H30O8/c1-10(2)13-6-5-11(3)7-16(13)27-20(19(25)26)8-14(22)12(4)18(28-20)17(24)15(23)9-21/h5-7,10,12,14-15,17-18,21-24H,8-9H2,1-4H3,(H,25,26). The van der Waals surface area contributed by atoms with Crippen LogP contribution in [0.15, 0.2) is 18.2 Å². The zero-order valence-electron chi connectivity index (χ0n) is 16.6. The summed E-state index contributed by atoms with van der Waals surface area (Å²) in [5, 5.41) is 49.6. The van der Waals surface area contributed by atoms with E-state index in [0.29, 0.717) is 5.75 Å². The van der Waals surface area contributed by atoms with Gasteiger partial charge in [-0.3, -0.25) is 0 Å². The summed E-state index contributed by atoms with van der Waals surface area (Å²) in [6.45, 7) is 6.55. The van der Waals surface area contributed by atoms with E-state index in [1.807, 2.05) is 32.9 Å². The molecule has 5 N–H and O–H groups in total. The Kier molecular flexibility index (Phi) is 7.06. The van der Waals surface area contributed by atoms with Gasteiger partial charge in [-0.05, 0) is 30.0 Å². The fraction of sp³-hybridized carbons (Fsp3) is 0.650. The molecular formula is C20H30O8. The number of aliphatic hydroxyl groups is 4. The van der Waals surface area contributed by atoms with Gasteiger partial charge >= 0.3 is 11.8 Å². The van der Waals surface area contributed by atoms with E-state index in [-0.39, 0.29) is 12.3 Å². The average Bonchev–Trinajstić information content (AvgIpc) is 2.62. The Morgan fingerprint density at radius 2 is 2.00 bits per heavy atom. The normalized spacial score (nSPS) is 30.1. The van der Waals surface area contributed by atoms with Gasteiger partial charge in [-0.1, -0.05) is 32.9 Å². The number of hydrogen-bond acceptors (Lipinski definition) is 7. The predicted octanol–water partition coefficient (Wildman–Crippen LogP) is 0.778. The van der Waals surface area contributed by atoms with E-state index >= 15 is 0 Å². The lowest BCUT2D eigenvalue weighted by Crippen LogP contribution is -2.62. The van der Waals surface area contributed by atoms with E-state index in [0.717, 1.165) is 11.1 Å². The lowest BCUT2D eigenvalue weighted by molar-refractivity contribution is -0.292. The first-order valence-electron chi connectivity index (χ1n) is 9.38. The van der Waals surface area contributed by atoms with Crippen LogP contribution in [0.2, 0.25) is 0 Å². The summed E-state index contributed by atoms with van der Waals surface area (Å²) in [5.41, 5.74) is 1.63. The van der Waals surface area contributed by atoms with Crippen molar-refractivity contribution in [2.75, 3.05) is 6.61 Å². The number of aliphatic carboxylic acids is 1. The molecule has 6 unspecified atom stereocenters. The summed E-state index contributed by atoms with van der Waals surface area (Å²) < 4.78 is 11.5. The predicted molar refractivity (Wildman–Crippen MR) is 100 cm³/mol. The second-order valence-electron chi connectivity index (χ2n) is 7.81. The summed E-state index contributed by atoms with van der Waals surface area (Å²) in [7, 11) is 0. The molecule has 1 aromatic carbocycles. The van der Waals surface area contributed by atoms with Crippen LogP contribution >= 0.6 is 0 Å². The molecule has 28 heavy (non-hydrogen) atoms. The van der Waals surface area contributed by atoms with Gasteiger partial charge in [0.2, 0.25) is 0 Å². The molecular weight excluding hydrogens is 368 g/mol. The highest BCUT2D eigenvalue weighted by atomic mass is 16.7. The van der Waals surface area contributed by atoms with E-state index in [1.165, 1.54) is 0 Å². The molecule has 158 valence electrons. The molecule has 1 fully saturated rings. The fourth-order valence-electron chi connectivity index (χ4n) is 3.39. The van der Waals surface area contributed by atoms with Crippen molar-refractivity contribution in [2.45, 2.75) is 70.2 Å². The van der Waals surface area contributed by atoms with Crippen molar-refractivity contribution in [3.63, 3.8) is 0 Å². The van der Waals surface area contributed by atoms with Crippen LogP contribution in [-0.2, 0) is 9.53 Å². The zero-order chi connectivity index (χ0) is 21.2. The van der Waals surface area contributed by atoms with E-state index in [1.54, 1.807) is 13.0 Å². The number of benzene rings is 1. The molecule has 1 saturated heterocycles. The minimum absolute atomic E-state index is 0.0477. The van der Waals surface area contributed by atoms with Gasteiger partial charge in [0.1, 0.15) is 18.0 Å². The van der Waals surface area contributed by atoms with Crippen LogP contribution in [0.3, 0.4) is 0 Å². The van der Waals surface area contributed by atoms with Crippen molar-refractivity contribution in [1.29, 1.82) is 0 Å². The van der Waals surface area contributed by atoms with Gasteiger partial charge in [0.25, 0.3) is 0 Å². The smallest absolute Gasteiger partial charge is 0.377 e. The van der Waals surface area contributed by atoms with Crippen molar-refractivity contribution in [1.82, 2.24) is 0 Å². The molecule has 0 amide bonds. The largest absolute Gasteiger partial charge is 0.476 e. The van der Waals surface area contributed by atoms with Crippen LogP contribution in [0.5, 0.6) is 5.75 Å². The monoisotopic (exact) mass is 398 g/mol. The Hall–Kier alpha value is -1.71. The van der Waals surface area contributed by atoms with Crippen LogP contribution in [0.1, 0.15) is 44.2 Å². The highest BCUT2D eigenvalue weighted by Crippen LogP contribution is 2.39. The van der Waals surface area contributed by atoms with Gasteiger partial charge < -0.3 is 35.0 Å². The minimum atomic E-state index is -2.25. The lowest BCUT2D eigenvalue weighted by atomic mass is 9.84. The van der Waals surface area contributed by atoms with E-state index in [4.69, 9.17) is 14.6 Å². The summed E-state index contributed by atoms with van der Waals surface area (Å²) in [6.07, 6.45) is -5.92. The third-order valence-electron chi connectivity index (χ3n) is 5.24. The Morgan fingerprint density at radius 1 is 1.36 bits per heavy atom. The van der Waals surface area contributed by atoms with Gasteiger partial charge in [0, 0.05) is 5.92 Å². The molecule has 0 bridgehead atoms. The molecule has 1 aliphatic heterocycles. The Balaban J connectivity index is 2.45. The molecule has 1 heterocycles. The highest BCUT2D eigenvalue weighted by molar-refractivity contribution is 5.76. The summed E-state index contributed by atoms with van der Waals surface area (Å²) in [5.74, 6) is -4.02. The van der Waals surface area contributed by atoms with Crippen LogP contribution in [0.4, 0.5) is 0 Å². The van der Waals surface area contributed by atoms with Crippen molar-refractivity contribution in [3.05, 3.63) is 29.3 Å². The molecule has 0 aliphatic carbocycles. The van der Waals surface area contributed by atoms with Crippen LogP contribution in [0.25, 0.3) is 0 Å². The lowest BCUT2D eigenvalue weighted by Gasteiger charge is -2.45. The average molecular weight is 398 g/mol. The Bertz CT molecular complexity index is 691. The van der Waals surface area contributed by atoms with E-state index in [2.05, 4.69) is 0 Å². The van der Waals surface area contributed by atoms with Crippen molar-refractivity contribution < 1.29 is 39.8 Å². The van der Waals surface area contributed by atoms with Crippen LogP contribution in [0, 0.1) is 12.8 Å². The van der Waals surface area contributed by atoms with Gasteiger partial charge in [-0.25, -0.2) is 4.79 Å². The second-order valence-corrected chi connectivity index (χ2v) is 7.81. The molecule has 0 saturated carbocycles. The summed E-state index contributed by atoms with van der Waals surface area (Å²) >= 11 is 0. The van der Waals surface area contributed by atoms with Gasteiger partial charge in [-0.2, -0.15) is 0 Å². The van der Waals surface area contributed by atoms with E-state index < -0.39 is 48.7 Å². The Morgan fingerprint density at radius 3 is 2.54 bits per heavy atom.